The van der Waals surface area contributed by atoms with Crippen molar-refractivity contribution in [1.29, 1.82) is 0 Å². The summed E-state index contributed by atoms with van der Waals surface area (Å²) in [6.07, 6.45) is 0. The Kier molecular flexibility index (Phi) is 3.41. The molecular formula is C15H15N5. The van der Waals surface area contributed by atoms with Crippen LogP contribution in [0.5, 0.6) is 0 Å². The molecule has 3 rings (SSSR count). The van der Waals surface area contributed by atoms with Crippen molar-refractivity contribution in [1.82, 2.24) is 20.6 Å². The van der Waals surface area contributed by atoms with Crippen molar-refractivity contribution in [2.24, 2.45) is 0 Å². The molecule has 0 unspecified atom stereocenters. The first-order chi connectivity index (χ1) is 9.81. The molecule has 1 heterocycles. The van der Waals surface area contributed by atoms with Crippen LogP contribution in [0.15, 0.2) is 48.5 Å². The molecule has 0 aliphatic heterocycles. The topological polar surface area (TPSA) is 66.5 Å². The standard InChI is InChI=1S/C15H15N5/c1-11-4-2-5-12(8-11)10-16-14-7-3-6-13(9-14)15-17-19-20-18-15/h2-9,16H,10H2,1H3,(H,17,18,19,20). The minimum atomic E-state index is 0.601. The Morgan fingerprint density at radius 2 is 2.00 bits per heavy atom. The first kappa shape index (κ1) is 12.3. The van der Waals surface area contributed by atoms with Gasteiger partial charge in [0.2, 0.25) is 5.82 Å². The lowest BCUT2D eigenvalue weighted by molar-refractivity contribution is 0.881. The smallest absolute Gasteiger partial charge is 0.204 e. The van der Waals surface area contributed by atoms with Crippen LogP contribution in [0.1, 0.15) is 11.1 Å². The van der Waals surface area contributed by atoms with Crippen molar-refractivity contribution >= 4 is 5.69 Å². The van der Waals surface area contributed by atoms with Gasteiger partial charge in [0.1, 0.15) is 0 Å². The second-order valence-corrected chi connectivity index (χ2v) is 4.66. The van der Waals surface area contributed by atoms with E-state index in [1.807, 2.05) is 24.3 Å². The van der Waals surface area contributed by atoms with Crippen LogP contribution in [0, 0.1) is 6.92 Å². The van der Waals surface area contributed by atoms with Crippen LogP contribution in [0.4, 0.5) is 5.69 Å². The molecule has 20 heavy (non-hydrogen) atoms. The average molecular weight is 265 g/mol. The average Bonchev–Trinajstić information content (AvgIpc) is 3.00. The van der Waals surface area contributed by atoms with Crippen molar-refractivity contribution in [2.75, 3.05) is 5.32 Å². The molecule has 0 aliphatic carbocycles. The number of anilines is 1. The van der Waals surface area contributed by atoms with E-state index < -0.39 is 0 Å². The molecule has 0 aliphatic rings. The Morgan fingerprint density at radius 3 is 2.80 bits per heavy atom. The van der Waals surface area contributed by atoms with Crippen molar-refractivity contribution in [3.8, 4) is 11.4 Å². The lowest BCUT2D eigenvalue weighted by atomic mass is 10.1. The number of hydrogen-bond acceptors (Lipinski definition) is 4. The summed E-state index contributed by atoms with van der Waals surface area (Å²) in [5.74, 6) is 0.601. The highest BCUT2D eigenvalue weighted by Gasteiger charge is 2.03. The van der Waals surface area contributed by atoms with Gasteiger partial charge < -0.3 is 5.32 Å². The number of tetrazole rings is 1. The molecular weight excluding hydrogens is 250 g/mol. The van der Waals surface area contributed by atoms with Crippen molar-refractivity contribution < 1.29 is 0 Å². The summed E-state index contributed by atoms with van der Waals surface area (Å²) in [5, 5.41) is 17.4. The molecule has 2 aromatic carbocycles. The fourth-order valence-corrected chi connectivity index (χ4v) is 2.08. The van der Waals surface area contributed by atoms with E-state index in [9.17, 15) is 0 Å². The van der Waals surface area contributed by atoms with Gasteiger partial charge in [-0.15, -0.1) is 10.2 Å². The van der Waals surface area contributed by atoms with Crippen LogP contribution in [-0.2, 0) is 6.54 Å². The summed E-state index contributed by atoms with van der Waals surface area (Å²) in [4.78, 5) is 0. The molecule has 0 fully saturated rings. The van der Waals surface area contributed by atoms with Gasteiger partial charge in [-0.2, -0.15) is 5.21 Å². The zero-order chi connectivity index (χ0) is 13.8. The molecule has 0 spiro atoms. The molecule has 0 saturated carbocycles. The van der Waals surface area contributed by atoms with Crippen LogP contribution >= 0.6 is 0 Å². The quantitative estimate of drug-likeness (QED) is 0.761. The highest BCUT2D eigenvalue weighted by molar-refractivity contribution is 5.61. The molecule has 1 aromatic heterocycles. The first-order valence-corrected chi connectivity index (χ1v) is 6.44. The number of aromatic amines is 1. The third-order valence-electron chi connectivity index (χ3n) is 3.05. The summed E-state index contributed by atoms with van der Waals surface area (Å²) < 4.78 is 0. The van der Waals surface area contributed by atoms with Gasteiger partial charge in [0.15, 0.2) is 0 Å². The lowest BCUT2D eigenvalue weighted by Crippen LogP contribution is -1.99. The van der Waals surface area contributed by atoms with Crippen LogP contribution in [0.25, 0.3) is 11.4 Å². The third-order valence-corrected chi connectivity index (χ3v) is 3.05. The van der Waals surface area contributed by atoms with Gasteiger partial charge in [-0.1, -0.05) is 42.0 Å². The first-order valence-electron chi connectivity index (χ1n) is 6.44. The number of nitrogens with one attached hydrogen (secondary N) is 2. The molecule has 5 heteroatoms. The lowest BCUT2D eigenvalue weighted by Gasteiger charge is -2.08. The van der Waals surface area contributed by atoms with Crippen LogP contribution < -0.4 is 5.32 Å². The van der Waals surface area contributed by atoms with Crippen LogP contribution in [0.2, 0.25) is 0 Å². The van der Waals surface area contributed by atoms with Crippen molar-refractivity contribution in [2.45, 2.75) is 13.5 Å². The molecule has 5 nitrogen and oxygen atoms in total. The highest BCUT2D eigenvalue weighted by atomic mass is 15.5. The number of aromatic nitrogens is 4. The highest BCUT2D eigenvalue weighted by Crippen LogP contribution is 2.19. The van der Waals surface area contributed by atoms with E-state index in [1.54, 1.807) is 0 Å². The van der Waals surface area contributed by atoms with Crippen LogP contribution in [-0.4, -0.2) is 20.6 Å². The zero-order valence-electron chi connectivity index (χ0n) is 11.2. The Morgan fingerprint density at radius 1 is 1.10 bits per heavy atom. The van der Waals surface area contributed by atoms with Gasteiger partial charge >= 0.3 is 0 Å². The van der Waals surface area contributed by atoms with Gasteiger partial charge in [-0.25, -0.2) is 0 Å². The van der Waals surface area contributed by atoms with Gasteiger partial charge in [-0.3, -0.25) is 0 Å². The fraction of sp³-hybridized carbons (Fsp3) is 0.133. The van der Waals surface area contributed by atoms with E-state index in [1.165, 1.54) is 11.1 Å². The van der Waals surface area contributed by atoms with E-state index in [0.29, 0.717) is 5.82 Å². The zero-order valence-corrected chi connectivity index (χ0v) is 11.2. The number of hydrogen-bond donors (Lipinski definition) is 2. The van der Waals surface area contributed by atoms with Gasteiger partial charge in [0.05, 0.1) is 0 Å². The van der Waals surface area contributed by atoms with Gasteiger partial charge in [-0.05, 0) is 29.8 Å². The Bertz CT molecular complexity index is 691. The molecule has 0 atom stereocenters. The number of nitrogens with zero attached hydrogens (tertiary/aromatic N) is 3. The summed E-state index contributed by atoms with van der Waals surface area (Å²) in [6, 6.07) is 16.4. The van der Waals surface area contributed by atoms with Gasteiger partial charge in [0, 0.05) is 17.8 Å². The molecule has 100 valence electrons. The number of benzene rings is 2. The number of aryl methyl sites for hydroxylation is 1. The summed E-state index contributed by atoms with van der Waals surface area (Å²) in [6.45, 7) is 2.89. The van der Waals surface area contributed by atoms with Gasteiger partial charge in [0.25, 0.3) is 0 Å². The Balaban J connectivity index is 1.73. The normalized spacial score (nSPS) is 10.4. The Labute approximate surface area is 117 Å². The molecule has 2 N–H and O–H groups in total. The van der Waals surface area contributed by atoms with Crippen LogP contribution in [0.3, 0.4) is 0 Å². The van der Waals surface area contributed by atoms with E-state index in [-0.39, 0.29) is 0 Å². The Hall–Kier alpha value is -2.69. The fourth-order valence-electron chi connectivity index (χ4n) is 2.08. The summed E-state index contributed by atoms with van der Waals surface area (Å²) in [5.41, 5.74) is 4.50. The molecule has 0 amide bonds. The van der Waals surface area contributed by atoms with E-state index >= 15 is 0 Å². The second kappa shape index (κ2) is 5.52. The monoisotopic (exact) mass is 265 g/mol. The number of rotatable bonds is 4. The maximum atomic E-state index is 3.98. The summed E-state index contributed by atoms with van der Waals surface area (Å²) >= 11 is 0. The predicted molar refractivity (Wildman–Crippen MR) is 78.1 cm³/mol. The molecule has 0 bridgehead atoms. The largest absolute Gasteiger partial charge is 0.381 e. The third kappa shape index (κ3) is 2.83. The molecule has 3 aromatic rings. The van der Waals surface area contributed by atoms with E-state index in [4.69, 9.17) is 0 Å². The maximum absolute atomic E-state index is 3.98. The molecule has 0 saturated heterocycles. The maximum Gasteiger partial charge on any atom is 0.204 e. The number of H-pyrrole nitrogens is 1. The molecule has 0 radical (unpaired) electrons. The second-order valence-electron chi connectivity index (χ2n) is 4.66. The minimum Gasteiger partial charge on any atom is -0.381 e. The predicted octanol–water partition coefficient (Wildman–Crippen LogP) is 2.79. The SMILES string of the molecule is Cc1cccc(CNc2cccc(-c3nn[nH]n3)c2)c1. The minimum absolute atomic E-state index is 0.601. The van der Waals surface area contributed by atoms with E-state index in [2.05, 4.69) is 57.1 Å². The summed E-state index contributed by atoms with van der Waals surface area (Å²) in [7, 11) is 0. The van der Waals surface area contributed by atoms with Crippen molar-refractivity contribution in [3.63, 3.8) is 0 Å². The van der Waals surface area contributed by atoms with E-state index in [0.717, 1.165) is 17.8 Å². The van der Waals surface area contributed by atoms with Crippen molar-refractivity contribution in [3.05, 3.63) is 59.7 Å².